The van der Waals surface area contributed by atoms with Crippen LogP contribution in [0.2, 0.25) is 5.02 Å². The van der Waals surface area contributed by atoms with Gasteiger partial charge in [-0.15, -0.1) is 0 Å². The number of rotatable bonds is 5. The molecule has 0 radical (unpaired) electrons. The number of hydrogen-bond acceptors (Lipinski definition) is 4. The van der Waals surface area contributed by atoms with Gasteiger partial charge in [-0.25, -0.2) is 4.79 Å². The standard InChI is InChI=1S/C20H28ClN3O4/c1-20(2,3)28-19(27)22-13-18(26)24-10-8-15(9-11-24)23-17(25)12-14-6-4-5-7-16(14)21/h4-7,15H,8-13H2,1-3H3,(H,22,27)(H,23,25). The molecule has 0 unspecified atom stereocenters. The van der Waals surface area contributed by atoms with Crippen molar-refractivity contribution in [3.05, 3.63) is 34.9 Å². The lowest BCUT2D eigenvalue weighted by molar-refractivity contribution is -0.131. The zero-order valence-corrected chi connectivity index (χ0v) is 17.3. The second kappa shape index (κ2) is 9.78. The van der Waals surface area contributed by atoms with E-state index in [9.17, 15) is 14.4 Å². The summed E-state index contributed by atoms with van der Waals surface area (Å²) in [5.41, 5.74) is 0.190. The van der Waals surface area contributed by atoms with Crippen molar-refractivity contribution < 1.29 is 19.1 Å². The molecule has 28 heavy (non-hydrogen) atoms. The molecule has 1 aliphatic rings. The number of piperidine rings is 1. The summed E-state index contributed by atoms with van der Waals surface area (Å²) in [5.74, 6) is -0.240. The van der Waals surface area contributed by atoms with Crippen LogP contribution in [0.1, 0.15) is 39.2 Å². The quantitative estimate of drug-likeness (QED) is 0.782. The first kappa shape index (κ1) is 22.0. The van der Waals surface area contributed by atoms with E-state index in [4.69, 9.17) is 16.3 Å². The van der Waals surface area contributed by atoms with Crippen LogP contribution in [0, 0.1) is 0 Å². The molecular formula is C20H28ClN3O4. The molecule has 1 heterocycles. The molecule has 1 fully saturated rings. The van der Waals surface area contributed by atoms with Gasteiger partial charge < -0.3 is 20.3 Å². The van der Waals surface area contributed by atoms with Crippen LogP contribution < -0.4 is 10.6 Å². The Bertz CT molecular complexity index is 710. The van der Waals surface area contributed by atoms with Crippen molar-refractivity contribution in [1.29, 1.82) is 0 Å². The average Bonchev–Trinajstić information content (AvgIpc) is 2.61. The van der Waals surface area contributed by atoms with Gasteiger partial charge in [-0.1, -0.05) is 29.8 Å². The number of amides is 3. The van der Waals surface area contributed by atoms with Gasteiger partial charge in [0.25, 0.3) is 0 Å². The number of alkyl carbamates (subject to hydrolysis) is 1. The number of carbonyl (C=O) groups is 3. The van der Waals surface area contributed by atoms with E-state index in [2.05, 4.69) is 10.6 Å². The first-order valence-corrected chi connectivity index (χ1v) is 9.79. The van der Waals surface area contributed by atoms with Crippen molar-refractivity contribution in [2.75, 3.05) is 19.6 Å². The number of halogens is 1. The molecule has 0 aromatic heterocycles. The highest BCUT2D eigenvalue weighted by Crippen LogP contribution is 2.16. The maximum atomic E-state index is 12.2. The normalized spacial score (nSPS) is 15.1. The lowest BCUT2D eigenvalue weighted by Gasteiger charge is -2.32. The van der Waals surface area contributed by atoms with E-state index in [0.717, 1.165) is 5.56 Å². The molecule has 2 N–H and O–H groups in total. The van der Waals surface area contributed by atoms with E-state index in [1.807, 2.05) is 18.2 Å². The van der Waals surface area contributed by atoms with E-state index in [0.29, 0.717) is 31.0 Å². The molecule has 1 aromatic rings. The fourth-order valence-corrected chi connectivity index (χ4v) is 3.14. The Morgan fingerprint density at radius 3 is 2.43 bits per heavy atom. The van der Waals surface area contributed by atoms with Crippen molar-refractivity contribution in [1.82, 2.24) is 15.5 Å². The second-order valence-corrected chi connectivity index (χ2v) is 8.25. The van der Waals surface area contributed by atoms with Crippen molar-refractivity contribution in [2.24, 2.45) is 0 Å². The van der Waals surface area contributed by atoms with Crippen LogP contribution in [0.25, 0.3) is 0 Å². The van der Waals surface area contributed by atoms with Gasteiger partial charge in [0, 0.05) is 24.2 Å². The highest BCUT2D eigenvalue weighted by Gasteiger charge is 2.25. The molecule has 0 saturated carbocycles. The van der Waals surface area contributed by atoms with Gasteiger partial charge >= 0.3 is 6.09 Å². The summed E-state index contributed by atoms with van der Waals surface area (Å²) in [4.78, 5) is 37.8. The third-order valence-corrected chi connectivity index (χ3v) is 4.67. The average molecular weight is 410 g/mol. The summed E-state index contributed by atoms with van der Waals surface area (Å²) >= 11 is 6.09. The summed E-state index contributed by atoms with van der Waals surface area (Å²) in [6.45, 7) is 6.26. The van der Waals surface area contributed by atoms with Crippen molar-refractivity contribution >= 4 is 29.5 Å². The number of likely N-dealkylation sites (tertiary alicyclic amines) is 1. The Hall–Kier alpha value is -2.28. The highest BCUT2D eigenvalue weighted by molar-refractivity contribution is 6.31. The zero-order valence-electron chi connectivity index (χ0n) is 16.6. The van der Waals surface area contributed by atoms with E-state index in [1.165, 1.54) is 0 Å². The third-order valence-electron chi connectivity index (χ3n) is 4.30. The molecule has 2 rings (SSSR count). The summed E-state index contributed by atoms with van der Waals surface area (Å²) in [6.07, 6.45) is 0.972. The van der Waals surface area contributed by atoms with Crippen LogP contribution in [0.5, 0.6) is 0 Å². The second-order valence-electron chi connectivity index (χ2n) is 7.85. The van der Waals surface area contributed by atoms with Crippen LogP contribution in [-0.4, -0.2) is 54.1 Å². The van der Waals surface area contributed by atoms with Crippen molar-refractivity contribution in [3.8, 4) is 0 Å². The van der Waals surface area contributed by atoms with E-state index >= 15 is 0 Å². The lowest BCUT2D eigenvalue weighted by atomic mass is 10.0. The first-order chi connectivity index (χ1) is 13.1. The maximum Gasteiger partial charge on any atom is 0.408 e. The summed E-state index contributed by atoms with van der Waals surface area (Å²) < 4.78 is 5.12. The minimum absolute atomic E-state index is 0.0258. The Kier molecular flexibility index (Phi) is 7.69. The molecule has 0 atom stereocenters. The number of hydrogen-bond donors (Lipinski definition) is 2. The first-order valence-electron chi connectivity index (χ1n) is 9.41. The van der Waals surface area contributed by atoms with Gasteiger partial charge in [-0.05, 0) is 45.2 Å². The maximum absolute atomic E-state index is 12.2. The van der Waals surface area contributed by atoms with Crippen LogP contribution in [0.4, 0.5) is 4.79 Å². The van der Waals surface area contributed by atoms with Crippen molar-refractivity contribution in [2.45, 2.75) is 51.7 Å². The molecule has 1 saturated heterocycles. The molecule has 7 nitrogen and oxygen atoms in total. The Labute approximate surface area is 170 Å². The number of ether oxygens (including phenoxy) is 1. The number of carbonyl (C=O) groups excluding carboxylic acids is 3. The minimum Gasteiger partial charge on any atom is -0.444 e. The molecular weight excluding hydrogens is 382 g/mol. The molecule has 0 aliphatic carbocycles. The molecule has 3 amide bonds. The molecule has 8 heteroatoms. The number of nitrogens with zero attached hydrogens (tertiary/aromatic N) is 1. The van der Waals surface area contributed by atoms with Gasteiger partial charge in [0.1, 0.15) is 12.1 Å². The van der Waals surface area contributed by atoms with Crippen LogP contribution in [0.3, 0.4) is 0 Å². The fourth-order valence-electron chi connectivity index (χ4n) is 2.94. The SMILES string of the molecule is CC(C)(C)OC(=O)NCC(=O)N1CCC(NC(=O)Cc2ccccc2Cl)CC1. The van der Waals surface area contributed by atoms with Crippen molar-refractivity contribution in [3.63, 3.8) is 0 Å². The van der Waals surface area contributed by atoms with Crippen LogP contribution in [-0.2, 0) is 20.7 Å². The molecule has 0 spiro atoms. The van der Waals surface area contributed by atoms with E-state index in [-0.39, 0.29) is 30.8 Å². The third kappa shape index (κ3) is 7.38. The zero-order chi connectivity index (χ0) is 20.7. The van der Waals surface area contributed by atoms with Gasteiger partial charge in [-0.3, -0.25) is 9.59 Å². The summed E-state index contributed by atoms with van der Waals surface area (Å²) in [6, 6.07) is 7.30. The minimum atomic E-state index is -0.609. The predicted octanol–water partition coefficient (Wildman–Crippen LogP) is 2.51. The Morgan fingerprint density at radius 2 is 1.82 bits per heavy atom. The lowest BCUT2D eigenvalue weighted by Crippen LogP contribution is -2.49. The summed E-state index contributed by atoms with van der Waals surface area (Å²) in [5, 5.41) is 6.06. The van der Waals surface area contributed by atoms with Gasteiger partial charge in [-0.2, -0.15) is 0 Å². The van der Waals surface area contributed by atoms with Gasteiger partial charge in [0.05, 0.1) is 6.42 Å². The number of benzene rings is 1. The molecule has 1 aromatic carbocycles. The monoisotopic (exact) mass is 409 g/mol. The van der Waals surface area contributed by atoms with Crippen LogP contribution >= 0.6 is 11.6 Å². The van der Waals surface area contributed by atoms with Gasteiger partial charge in [0.2, 0.25) is 11.8 Å². The van der Waals surface area contributed by atoms with E-state index < -0.39 is 11.7 Å². The topological polar surface area (TPSA) is 87.7 Å². The summed E-state index contributed by atoms with van der Waals surface area (Å²) in [7, 11) is 0. The van der Waals surface area contributed by atoms with Gasteiger partial charge in [0.15, 0.2) is 0 Å². The predicted molar refractivity (Wildman–Crippen MR) is 107 cm³/mol. The molecule has 0 bridgehead atoms. The Balaban J connectivity index is 1.70. The largest absolute Gasteiger partial charge is 0.444 e. The number of nitrogens with one attached hydrogen (secondary N) is 2. The highest BCUT2D eigenvalue weighted by atomic mass is 35.5. The van der Waals surface area contributed by atoms with E-state index in [1.54, 1.807) is 31.7 Å². The Morgan fingerprint density at radius 1 is 1.18 bits per heavy atom. The fraction of sp³-hybridized carbons (Fsp3) is 0.550. The molecule has 154 valence electrons. The van der Waals surface area contributed by atoms with Crippen LogP contribution in [0.15, 0.2) is 24.3 Å². The smallest absolute Gasteiger partial charge is 0.408 e. The molecule has 1 aliphatic heterocycles.